The van der Waals surface area contributed by atoms with Gasteiger partial charge in [0.05, 0.1) is 23.2 Å². The van der Waals surface area contributed by atoms with Gasteiger partial charge < -0.3 is 4.74 Å². The Bertz CT molecular complexity index is 560. The molecule has 3 nitrogen and oxygen atoms in total. The molecule has 0 aliphatic heterocycles. The van der Waals surface area contributed by atoms with Crippen molar-refractivity contribution < 1.29 is 4.74 Å². The van der Waals surface area contributed by atoms with Gasteiger partial charge >= 0.3 is 0 Å². The van der Waals surface area contributed by atoms with E-state index in [4.69, 9.17) is 21.6 Å². The van der Waals surface area contributed by atoms with Gasteiger partial charge in [0.25, 0.3) is 0 Å². The number of nitriles is 1. The van der Waals surface area contributed by atoms with Crippen LogP contribution >= 0.6 is 11.6 Å². The van der Waals surface area contributed by atoms with Crippen molar-refractivity contribution in [2.45, 2.75) is 0 Å². The van der Waals surface area contributed by atoms with Crippen molar-refractivity contribution in [1.29, 1.82) is 5.26 Å². The maximum absolute atomic E-state index is 8.80. The van der Waals surface area contributed by atoms with E-state index in [2.05, 4.69) is 4.98 Å². The van der Waals surface area contributed by atoms with Crippen molar-refractivity contribution in [1.82, 2.24) is 4.98 Å². The third kappa shape index (κ3) is 1.60. The van der Waals surface area contributed by atoms with E-state index in [0.29, 0.717) is 16.3 Å². The Balaban J connectivity index is 2.79. The summed E-state index contributed by atoms with van der Waals surface area (Å²) in [7, 11) is 1.58. The lowest BCUT2D eigenvalue weighted by atomic mass is 10.2. The van der Waals surface area contributed by atoms with Gasteiger partial charge in [-0.1, -0.05) is 11.6 Å². The summed E-state index contributed by atoms with van der Waals surface area (Å²) in [5.41, 5.74) is 1.12. The molecule has 15 heavy (non-hydrogen) atoms. The molecule has 2 aromatic rings. The minimum absolute atomic E-state index is 0.373. The van der Waals surface area contributed by atoms with Crippen LogP contribution in [0.1, 0.15) is 5.56 Å². The van der Waals surface area contributed by atoms with Gasteiger partial charge in [-0.15, -0.1) is 0 Å². The molecule has 1 heterocycles. The second kappa shape index (κ2) is 3.76. The smallest absolute Gasteiger partial charge is 0.119 e. The summed E-state index contributed by atoms with van der Waals surface area (Å²) in [5, 5.41) is 9.95. The molecule has 0 radical (unpaired) electrons. The summed E-state index contributed by atoms with van der Waals surface area (Å²) in [6.45, 7) is 0. The molecule has 0 N–H and O–H groups in total. The largest absolute Gasteiger partial charge is 0.497 e. The van der Waals surface area contributed by atoms with Gasteiger partial charge in [0.15, 0.2) is 0 Å². The standard InChI is InChI=1S/C11H7ClN2O/c1-15-8-2-3-10-9(4-8)11(12)7(5-13)6-14-10/h2-4,6H,1H3/i5+2. The average molecular weight is 221 g/mol. The summed E-state index contributed by atoms with van der Waals surface area (Å²) >= 11 is 6.05. The molecule has 0 saturated carbocycles. The number of rotatable bonds is 1. The van der Waals surface area contributed by atoms with E-state index in [0.717, 1.165) is 10.9 Å². The van der Waals surface area contributed by atoms with Crippen LogP contribution in [0.4, 0.5) is 0 Å². The van der Waals surface area contributed by atoms with Crippen molar-refractivity contribution in [3.05, 3.63) is 35.0 Å². The fourth-order valence-corrected chi connectivity index (χ4v) is 1.59. The number of ether oxygens (including phenoxy) is 1. The molecule has 0 aliphatic rings. The van der Waals surface area contributed by atoms with E-state index >= 15 is 0 Å². The molecule has 1 aromatic carbocycles. The Hall–Kier alpha value is -1.79. The molecule has 0 saturated heterocycles. The first kappa shape index (κ1) is 9.75. The van der Waals surface area contributed by atoms with Crippen molar-refractivity contribution in [2.75, 3.05) is 7.11 Å². The minimum Gasteiger partial charge on any atom is -0.497 e. The number of methoxy groups -OCH3 is 1. The van der Waals surface area contributed by atoms with E-state index < -0.39 is 0 Å². The second-order valence-electron chi connectivity index (χ2n) is 2.98. The van der Waals surface area contributed by atoms with Crippen LogP contribution < -0.4 is 4.74 Å². The van der Waals surface area contributed by atoms with E-state index in [1.807, 2.05) is 6.07 Å². The normalized spacial score (nSPS) is 9.93. The number of aromatic nitrogens is 1. The summed E-state index contributed by atoms with van der Waals surface area (Å²) in [6.07, 6.45) is 1.47. The molecule has 0 amide bonds. The first-order chi connectivity index (χ1) is 7.26. The quantitative estimate of drug-likeness (QED) is 0.742. The number of hydrogen-bond acceptors (Lipinski definition) is 3. The third-order valence-corrected chi connectivity index (χ3v) is 2.54. The van der Waals surface area contributed by atoms with Crippen LogP contribution in [-0.4, -0.2) is 12.1 Å². The topological polar surface area (TPSA) is 45.9 Å². The monoisotopic (exact) mass is 220 g/mol. The summed E-state index contributed by atoms with van der Waals surface area (Å²) in [6, 6.07) is 7.37. The Morgan fingerprint density at radius 2 is 2.27 bits per heavy atom. The van der Waals surface area contributed by atoms with Crippen molar-refractivity contribution >= 4 is 22.5 Å². The second-order valence-corrected chi connectivity index (χ2v) is 3.36. The van der Waals surface area contributed by atoms with E-state index in [-0.39, 0.29) is 0 Å². The van der Waals surface area contributed by atoms with Crippen LogP contribution in [0.15, 0.2) is 24.4 Å². The van der Waals surface area contributed by atoms with Gasteiger partial charge in [-0.25, -0.2) is 0 Å². The molecule has 1 aromatic heterocycles. The first-order valence-corrected chi connectivity index (χ1v) is 4.66. The molecule has 4 heteroatoms. The zero-order chi connectivity index (χ0) is 10.8. The number of benzene rings is 1. The zero-order valence-corrected chi connectivity index (χ0v) is 8.75. The Morgan fingerprint density at radius 1 is 1.47 bits per heavy atom. The summed E-state index contributed by atoms with van der Waals surface area (Å²) in [4.78, 5) is 4.13. The number of pyridine rings is 1. The van der Waals surface area contributed by atoms with E-state index in [1.54, 1.807) is 25.3 Å². The number of hydrogen-bond donors (Lipinski definition) is 0. The lowest BCUT2D eigenvalue weighted by Gasteiger charge is -2.04. The van der Waals surface area contributed by atoms with Gasteiger partial charge in [0, 0.05) is 11.6 Å². The summed E-state index contributed by atoms with van der Waals surface area (Å²) in [5.74, 6) is 0.696. The Morgan fingerprint density at radius 3 is 2.93 bits per heavy atom. The average Bonchev–Trinajstić information content (AvgIpc) is 2.29. The van der Waals surface area contributed by atoms with Crippen LogP contribution in [-0.2, 0) is 0 Å². The minimum atomic E-state index is 0.373. The number of nitrogens with zero attached hydrogens (tertiary/aromatic N) is 2. The Labute approximate surface area is 91.9 Å². The van der Waals surface area contributed by atoms with Crippen LogP contribution in [0.25, 0.3) is 10.9 Å². The van der Waals surface area contributed by atoms with Crippen LogP contribution in [0.5, 0.6) is 5.75 Å². The molecule has 0 unspecified atom stereocenters. The predicted molar refractivity (Wildman–Crippen MR) is 58.0 cm³/mol. The molecule has 0 aliphatic carbocycles. The highest BCUT2D eigenvalue weighted by Crippen LogP contribution is 2.28. The fourth-order valence-electron chi connectivity index (χ4n) is 1.34. The lowest BCUT2D eigenvalue weighted by Crippen LogP contribution is -1.87. The Kier molecular flexibility index (Phi) is 2.44. The van der Waals surface area contributed by atoms with Crippen LogP contribution in [0.2, 0.25) is 5.02 Å². The third-order valence-electron chi connectivity index (χ3n) is 2.13. The number of halogens is 1. The van der Waals surface area contributed by atoms with Gasteiger partial charge in [-0.2, -0.15) is 5.26 Å². The maximum Gasteiger partial charge on any atom is 0.119 e. The molecule has 74 valence electrons. The molecule has 2 rings (SSSR count). The van der Waals surface area contributed by atoms with Crippen molar-refractivity contribution in [3.63, 3.8) is 0 Å². The predicted octanol–water partition coefficient (Wildman–Crippen LogP) is 2.77. The molecule has 0 fully saturated rings. The highest BCUT2D eigenvalue weighted by atomic mass is 35.5. The molecule has 0 bridgehead atoms. The molecular formula is C11H7ClN2O. The molecule has 0 atom stereocenters. The van der Waals surface area contributed by atoms with Crippen LogP contribution in [0, 0.1) is 11.3 Å². The van der Waals surface area contributed by atoms with E-state index in [1.165, 1.54) is 6.20 Å². The number of fused-ring (bicyclic) bond motifs is 1. The molecule has 0 spiro atoms. The van der Waals surface area contributed by atoms with Gasteiger partial charge in [-0.05, 0) is 18.2 Å². The van der Waals surface area contributed by atoms with Gasteiger partial charge in [0.2, 0.25) is 0 Å². The van der Waals surface area contributed by atoms with Crippen molar-refractivity contribution in [3.8, 4) is 11.8 Å². The van der Waals surface area contributed by atoms with E-state index in [9.17, 15) is 0 Å². The van der Waals surface area contributed by atoms with Crippen LogP contribution in [0.3, 0.4) is 0 Å². The molecular weight excluding hydrogens is 214 g/mol. The van der Waals surface area contributed by atoms with Crippen molar-refractivity contribution in [2.24, 2.45) is 0 Å². The first-order valence-electron chi connectivity index (χ1n) is 4.28. The fraction of sp³-hybridized carbons (Fsp3) is 0.0909. The highest BCUT2D eigenvalue weighted by molar-refractivity contribution is 6.36. The summed E-state index contributed by atoms with van der Waals surface area (Å²) < 4.78 is 5.08. The zero-order valence-electron chi connectivity index (χ0n) is 7.99. The highest BCUT2D eigenvalue weighted by Gasteiger charge is 2.06. The maximum atomic E-state index is 8.80. The van der Waals surface area contributed by atoms with Gasteiger partial charge in [-0.3, -0.25) is 4.98 Å². The SMILES string of the molecule is COc1ccc2ncc([14C]#N)c(Cl)c2c1. The van der Waals surface area contributed by atoms with Gasteiger partial charge in [0.1, 0.15) is 11.8 Å². The lowest BCUT2D eigenvalue weighted by molar-refractivity contribution is 0.415.